The maximum atomic E-state index is 5.68. The topological polar surface area (TPSA) is 152 Å². The van der Waals surface area contributed by atoms with Crippen molar-refractivity contribution in [2.24, 2.45) is 0 Å². The summed E-state index contributed by atoms with van der Waals surface area (Å²) in [5, 5.41) is 29.0. The molecule has 0 unspecified atom stereocenters. The highest BCUT2D eigenvalue weighted by atomic mass is 32.1. The first-order valence-corrected chi connectivity index (χ1v) is 20.4. The van der Waals surface area contributed by atoms with Gasteiger partial charge in [-0.05, 0) is 71.0 Å². The molecule has 2 aliphatic heterocycles. The molecule has 1 aromatic carbocycles. The molecule has 14 nitrogen and oxygen atoms in total. The highest BCUT2D eigenvalue weighted by molar-refractivity contribution is 7.80. The van der Waals surface area contributed by atoms with Crippen LogP contribution in [0.25, 0.3) is 0 Å². The Labute approximate surface area is 343 Å². The molecule has 8 N–H and O–H groups in total. The summed E-state index contributed by atoms with van der Waals surface area (Å²) in [5.41, 5.74) is 3.41. The first-order chi connectivity index (χ1) is 26.1. The number of thiocarbonyl (C=S) groups is 4. The Hall–Kier alpha value is -2.26. The van der Waals surface area contributed by atoms with Crippen LogP contribution in [-0.4, -0.2) is 152 Å². The predicted octanol–water partition coefficient (Wildman–Crippen LogP) is 1.13. The van der Waals surface area contributed by atoms with E-state index >= 15 is 0 Å². The van der Waals surface area contributed by atoms with Crippen LogP contribution in [0.4, 0.5) is 0 Å². The smallest absolute Gasteiger partial charge is 0.166 e. The molecule has 3 rings (SSSR count). The third kappa shape index (κ3) is 20.6. The number of hydrogen-bond acceptors (Lipinski definition) is 10. The molecule has 2 fully saturated rings. The minimum Gasteiger partial charge on any atom is -0.377 e. The number of hydrogen-bond donors (Lipinski definition) is 8. The average Bonchev–Trinajstić information content (AvgIpc) is 3.14. The van der Waals surface area contributed by atoms with Crippen LogP contribution in [0.15, 0.2) is 18.2 Å². The molecule has 0 saturated carbocycles. The van der Waals surface area contributed by atoms with E-state index in [1.165, 1.54) is 5.56 Å². The summed E-state index contributed by atoms with van der Waals surface area (Å²) in [6, 6.07) is 6.87. The van der Waals surface area contributed by atoms with Gasteiger partial charge < -0.3 is 71.0 Å². The van der Waals surface area contributed by atoms with Crippen LogP contribution >= 0.6 is 48.9 Å². The number of ether oxygens (including phenoxy) is 6. The normalized spacial score (nSPS) is 21.2. The fourth-order valence-electron chi connectivity index (χ4n) is 5.34. The summed E-state index contributed by atoms with van der Waals surface area (Å²) >= 11 is 22.6. The highest BCUT2D eigenvalue weighted by Gasteiger charge is 2.23. The average molecular weight is 831 g/mol. The van der Waals surface area contributed by atoms with Crippen molar-refractivity contribution < 1.29 is 28.4 Å². The summed E-state index contributed by atoms with van der Waals surface area (Å²) in [4.78, 5) is 0. The number of nitrogens with one attached hydrogen (secondary N) is 8. The van der Waals surface area contributed by atoms with Gasteiger partial charge in [-0.2, -0.15) is 0 Å². The summed E-state index contributed by atoms with van der Waals surface area (Å²) in [7, 11) is 0. The molecule has 0 amide bonds. The first-order valence-electron chi connectivity index (χ1n) is 18.8. The lowest BCUT2D eigenvalue weighted by atomic mass is 9.81. The molecule has 0 atom stereocenters. The van der Waals surface area contributed by atoms with Gasteiger partial charge in [0.15, 0.2) is 20.4 Å². The molecule has 18 heteroatoms. The van der Waals surface area contributed by atoms with E-state index in [4.69, 9.17) is 77.3 Å². The fraction of sp³-hybridized carbons (Fsp3) is 0.722. The van der Waals surface area contributed by atoms with Crippen molar-refractivity contribution in [3.63, 3.8) is 0 Å². The molecule has 0 aliphatic carbocycles. The molecule has 1 aromatic rings. The van der Waals surface area contributed by atoms with E-state index in [2.05, 4.69) is 81.5 Å². The van der Waals surface area contributed by atoms with Gasteiger partial charge in [-0.3, -0.25) is 0 Å². The van der Waals surface area contributed by atoms with Crippen molar-refractivity contribution in [1.29, 1.82) is 0 Å². The Bertz CT molecular complexity index is 1130. The van der Waals surface area contributed by atoms with Gasteiger partial charge in [0.2, 0.25) is 0 Å². The van der Waals surface area contributed by atoms with Crippen LogP contribution in [0.5, 0.6) is 0 Å². The van der Waals surface area contributed by atoms with Gasteiger partial charge in [-0.25, -0.2) is 0 Å². The second kappa shape index (κ2) is 27.4. The monoisotopic (exact) mass is 830 g/mol. The van der Waals surface area contributed by atoms with Crippen molar-refractivity contribution in [3.8, 4) is 0 Å². The van der Waals surface area contributed by atoms with E-state index in [1.54, 1.807) is 0 Å². The van der Waals surface area contributed by atoms with E-state index in [0.29, 0.717) is 152 Å². The molecule has 2 aliphatic rings. The SMILES string of the molecule is CC(C)(C)c1cc(C2CNC(=S)NCCOCCOCCOCCNC(=S)NC2)cc(C2CNC(=S)NCCOCCOCCOCCNC(=S)NC2)c1. The quantitative estimate of drug-likeness (QED) is 0.201. The van der Waals surface area contributed by atoms with Gasteiger partial charge in [-0.15, -0.1) is 0 Å². The molecule has 0 spiro atoms. The van der Waals surface area contributed by atoms with Crippen molar-refractivity contribution >= 4 is 69.3 Å². The first kappa shape index (κ1) is 46.1. The third-order valence-electron chi connectivity index (χ3n) is 8.44. The zero-order chi connectivity index (χ0) is 38.9. The van der Waals surface area contributed by atoms with Gasteiger partial charge in [0, 0.05) is 64.2 Å². The van der Waals surface area contributed by atoms with Crippen molar-refractivity contribution in [1.82, 2.24) is 42.5 Å². The Morgan fingerprint density at radius 3 is 0.926 bits per heavy atom. The van der Waals surface area contributed by atoms with Gasteiger partial charge in [-0.1, -0.05) is 39.0 Å². The minimum absolute atomic E-state index is 0.00471. The van der Waals surface area contributed by atoms with Crippen LogP contribution in [0.3, 0.4) is 0 Å². The Morgan fingerprint density at radius 2 is 0.667 bits per heavy atom. The molecule has 54 heavy (non-hydrogen) atoms. The van der Waals surface area contributed by atoms with Crippen LogP contribution < -0.4 is 42.5 Å². The van der Waals surface area contributed by atoms with Crippen molar-refractivity contribution in [3.05, 3.63) is 34.9 Å². The zero-order valence-electron chi connectivity index (χ0n) is 32.1. The standard InChI is InChI=1S/C36H62N8O6S4/c1-36(2,3)31-21-27(29-23-41-32(51)37-4-8-45-12-16-49-17-13-46-9-5-38-33(52)42-24-29)20-28(22-31)30-25-43-34(53)39-6-10-47-14-18-50-19-15-48-11-7-40-35(54)44-26-30/h20-22,29-30H,4-19,23-26H2,1-3H3,(H2,37,41,51)(H2,38,42,52)(H2,39,43,53)(H2,40,44,54). The fourth-order valence-corrected chi connectivity index (χ4v) is 6.08. The van der Waals surface area contributed by atoms with Crippen LogP contribution in [0.2, 0.25) is 0 Å². The van der Waals surface area contributed by atoms with Crippen molar-refractivity contribution in [2.75, 3.05) is 132 Å². The number of benzene rings is 1. The van der Waals surface area contributed by atoms with Gasteiger partial charge in [0.1, 0.15) is 0 Å². The van der Waals surface area contributed by atoms with Gasteiger partial charge >= 0.3 is 0 Å². The lowest BCUT2D eigenvalue weighted by molar-refractivity contribution is 0.0166. The third-order valence-corrected chi connectivity index (χ3v) is 9.59. The molecule has 0 radical (unpaired) electrons. The van der Waals surface area contributed by atoms with Crippen LogP contribution in [0, 0.1) is 0 Å². The van der Waals surface area contributed by atoms with E-state index in [9.17, 15) is 0 Å². The number of rotatable bonds is 2. The molecule has 2 heterocycles. The lowest BCUT2D eigenvalue weighted by Gasteiger charge is -2.28. The lowest BCUT2D eigenvalue weighted by Crippen LogP contribution is -2.44. The molecular formula is C36H62N8O6S4. The van der Waals surface area contributed by atoms with Gasteiger partial charge in [0.05, 0.1) is 79.3 Å². The Kier molecular flexibility index (Phi) is 23.4. The van der Waals surface area contributed by atoms with Crippen LogP contribution in [0.1, 0.15) is 49.3 Å². The molecule has 0 aromatic heterocycles. The second-order valence-corrected chi connectivity index (χ2v) is 15.4. The Balaban J connectivity index is 1.85. The molecule has 0 bridgehead atoms. The molecule has 2 saturated heterocycles. The van der Waals surface area contributed by atoms with Crippen LogP contribution in [-0.2, 0) is 33.8 Å². The van der Waals surface area contributed by atoms with E-state index in [0.717, 1.165) is 11.1 Å². The van der Waals surface area contributed by atoms with E-state index in [-0.39, 0.29) is 17.3 Å². The summed E-state index contributed by atoms with van der Waals surface area (Å²) in [5.74, 6) is 0.00943. The summed E-state index contributed by atoms with van der Waals surface area (Å²) in [6.45, 7) is 17.5. The molecule has 306 valence electrons. The van der Waals surface area contributed by atoms with Crippen molar-refractivity contribution in [2.45, 2.75) is 38.0 Å². The maximum absolute atomic E-state index is 5.68. The zero-order valence-corrected chi connectivity index (χ0v) is 35.4. The summed E-state index contributed by atoms with van der Waals surface area (Å²) < 4.78 is 33.8. The second-order valence-electron chi connectivity index (χ2n) is 13.8. The molecular weight excluding hydrogens is 769 g/mol. The Morgan fingerprint density at radius 1 is 0.407 bits per heavy atom. The highest BCUT2D eigenvalue weighted by Crippen LogP contribution is 2.30. The largest absolute Gasteiger partial charge is 0.377 e. The maximum Gasteiger partial charge on any atom is 0.166 e. The van der Waals surface area contributed by atoms with E-state index < -0.39 is 0 Å². The summed E-state index contributed by atoms with van der Waals surface area (Å²) in [6.07, 6.45) is 0. The van der Waals surface area contributed by atoms with Gasteiger partial charge in [0.25, 0.3) is 0 Å². The predicted molar refractivity (Wildman–Crippen MR) is 230 cm³/mol. The minimum atomic E-state index is -0.121. The van der Waals surface area contributed by atoms with E-state index in [1.807, 2.05) is 0 Å².